The van der Waals surface area contributed by atoms with Crippen LogP contribution >= 0.6 is 11.6 Å². The number of pyridine rings is 1. The molecule has 0 bridgehead atoms. The Morgan fingerprint density at radius 1 is 1.26 bits per heavy atom. The van der Waals surface area contributed by atoms with Crippen molar-refractivity contribution < 1.29 is 9.53 Å². The van der Waals surface area contributed by atoms with Gasteiger partial charge < -0.3 is 15.0 Å². The van der Waals surface area contributed by atoms with E-state index in [1.807, 2.05) is 6.07 Å². The van der Waals surface area contributed by atoms with Crippen LogP contribution in [0.4, 0.5) is 11.4 Å². The van der Waals surface area contributed by atoms with E-state index >= 15 is 0 Å². The zero-order chi connectivity index (χ0) is 16.2. The van der Waals surface area contributed by atoms with E-state index < -0.39 is 0 Å². The van der Waals surface area contributed by atoms with Crippen molar-refractivity contribution in [3.63, 3.8) is 0 Å². The van der Waals surface area contributed by atoms with E-state index in [9.17, 15) is 4.79 Å². The topological polar surface area (TPSA) is 54.5 Å². The minimum absolute atomic E-state index is 0.265. The van der Waals surface area contributed by atoms with Gasteiger partial charge in [0.2, 0.25) is 0 Å². The van der Waals surface area contributed by atoms with Gasteiger partial charge in [-0.15, -0.1) is 0 Å². The highest BCUT2D eigenvalue weighted by atomic mass is 35.5. The van der Waals surface area contributed by atoms with Crippen LogP contribution in [0.5, 0.6) is 5.75 Å². The predicted molar refractivity (Wildman–Crippen MR) is 91.6 cm³/mol. The van der Waals surface area contributed by atoms with Crippen molar-refractivity contribution >= 4 is 28.9 Å². The average Bonchev–Trinajstić information content (AvgIpc) is 3.09. The molecule has 0 radical (unpaired) electrons. The van der Waals surface area contributed by atoms with Crippen LogP contribution in [0.1, 0.15) is 23.3 Å². The fourth-order valence-electron chi connectivity index (χ4n) is 2.62. The van der Waals surface area contributed by atoms with Gasteiger partial charge in [0, 0.05) is 18.8 Å². The molecule has 1 fully saturated rings. The Kier molecular flexibility index (Phi) is 4.67. The molecule has 1 saturated heterocycles. The molecule has 1 aromatic carbocycles. The van der Waals surface area contributed by atoms with Gasteiger partial charge in [-0.1, -0.05) is 11.6 Å². The zero-order valence-corrected chi connectivity index (χ0v) is 13.6. The van der Waals surface area contributed by atoms with Crippen LogP contribution in [-0.4, -0.2) is 31.1 Å². The van der Waals surface area contributed by atoms with Crippen LogP contribution < -0.4 is 15.0 Å². The molecule has 1 aliphatic rings. The molecule has 0 saturated carbocycles. The summed E-state index contributed by atoms with van der Waals surface area (Å²) in [5.41, 5.74) is 2.04. The molecule has 2 heterocycles. The Balaban J connectivity index is 1.69. The lowest BCUT2D eigenvalue weighted by atomic mass is 10.2. The minimum Gasteiger partial charge on any atom is -0.495 e. The molecule has 5 nitrogen and oxygen atoms in total. The number of carbonyl (C=O) groups is 1. The molecule has 0 spiro atoms. The Morgan fingerprint density at radius 3 is 2.65 bits per heavy atom. The van der Waals surface area contributed by atoms with Crippen molar-refractivity contribution in [2.45, 2.75) is 12.8 Å². The van der Waals surface area contributed by atoms with Crippen molar-refractivity contribution in [3.05, 3.63) is 47.2 Å². The van der Waals surface area contributed by atoms with Crippen LogP contribution in [0.25, 0.3) is 0 Å². The molecule has 1 aliphatic heterocycles. The maximum Gasteiger partial charge on any atom is 0.274 e. The zero-order valence-electron chi connectivity index (χ0n) is 12.9. The van der Waals surface area contributed by atoms with E-state index in [-0.39, 0.29) is 5.91 Å². The largest absolute Gasteiger partial charge is 0.495 e. The van der Waals surface area contributed by atoms with Gasteiger partial charge in [-0.2, -0.15) is 0 Å². The number of aromatic nitrogens is 1. The van der Waals surface area contributed by atoms with Gasteiger partial charge in [0.05, 0.1) is 24.0 Å². The lowest BCUT2D eigenvalue weighted by Crippen LogP contribution is -2.19. The Labute approximate surface area is 140 Å². The number of nitrogens with one attached hydrogen (secondary N) is 1. The number of ether oxygens (including phenoxy) is 1. The number of halogens is 1. The maximum absolute atomic E-state index is 12.3. The summed E-state index contributed by atoms with van der Waals surface area (Å²) in [6.45, 7) is 2.11. The second-order valence-electron chi connectivity index (χ2n) is 5.40. The first-order valence-corrected chi connectivity index (χ1v) is 7.91. The summed E-state index contributed by atoms with van der Waals surface area (Å²) < 4.78 is 5.09. The van der Waals surface area contributed by atoms with Crippen LogP contribution in [0.2, 0.25) is 5.02 Å². The Bertz CT molecular complexity index is 697. The standard InChI is InChI=1S/C17H18ClN3O2/c1-23-16-7-4-12(10-14(16)18)20-17(22)15-6-5-13(11-19-15)21-8-2-3-9-21/h4-7,10-11H,2-3,8-9H2,1H3,(H,20,22). The SMILES string of the molecule is COc1ccc(NC(=O)c2ccc(N3CCCC3)cn2)cc1Cl. The molecule has 0 unspecified atom stereocenters. The number of rotatable bonds is 4. The van der Waals surface area contributed by atoms with Gasteiger partial charge in [-0.05, 0) is 43.2 Å². The highest BCUT2D eigenvalue weighted by Crippen LogP contribution is 2.27. The number of methoxy groups -OCH3 is 1. The van der Waals surface area contributed by atoms with Crippen LogP contribution in [-0.2, 0) is 0 Å². The average molecular weight is 332 g/mol. The molecule has 0 aliphatic carbocycles. The molecule has 1 amide bonds. The number of hydrogen-bond donors (Lipinski definition) is 1. The quantitative estimate of drug-likeness (QED) is 0.930. The van der Waals surface area contributed by atoms with E-state index in [0.717, 1.165) is 18.8 Å². The molecule has 2 aromatic rings. The third-order valence-electron chi connectivity index (χ3n) is 3.86. The van der Waals surface area contributed by atoms with Crippen molar-refractivity contribution in [3.8, 4) is 5.75 Å². The van der Waals surface area contributed by atoms with Gasteiger partial charge in [-0.3, -0.25) is 4.79 Å². The predicted octanol–water partition coefficient (Wildman–Crippen LogP) is 3.60. The van der Waals surface area contributed by atoms with Gasteiger partial charge in [-0.25, -0.2) is 4.98 Å². The third-order valence-corrected chi connectivity index (χ3v) is 4.16. The summed E-state index contributed by atoms with van der Waals surface area (Å²) in [5.74, 6) is 0.303. The van der Waals surface area contributed by atoms with Crippen molar-refractivity contribution in [1.82, 2.24) is 4.98 Å². The first-order chi connectivity index (χ1) is 11.2. The van der Waals surface area contributed by atoms with Gasteiger partial charge in [0.1, 0.15) is 11.4 Å². The van der Waals surface area contributed by atoms with E-state index in [1.54, 1.807) is 37.6 Å². The first kappa shape index (κ1) is 15.6. The summed E-state index contributed by atoms with van der Waals surface area (Å²) >= 11 is 6.06. The molecular formula is C17H18ClN3O2. The lowest BCUT2D eigenvalue weighted by Gasteiger charge is -2.17. The fraction of sp³-hybridized carbons (Fsp3) is 0.294. The first-order valence-electron chi connectivity index (χ1n) is 7.53. The smallest absolute Gasteiger partial charge is 0.274 e. The minimum atomic E-state index is -0.265. The van der Waals surface area contributed by atoms with E-state index in [2.05, 4.69) is 15.2 Å². The van der Waals surface area contributed by atoms with Crippen LogP contribution in [0, 0.1) is 0 Å². The summed E-state index contributed by atoms with van der Waals surface area (Å²) in [4.78, 5) is 18.8. The summed E-state index contributed by atoms with van der Waals surface area (Å²) in [5, 5.41) is 3.23. The molecular weight excluding hydrogens is 314 g/mol. The van der Waals surface area contributed by atoms with E-state index in [1.165, 1.54) is 12.8 Å². The van der Waals surface area contributed by atoms with Crippen LogP contribution in [0.15, 0.2) is 36.5 Å². The normalized spacial score (nSPS) is 13.9. The molecule has 6 heteroatoms. The van der Waals surface area contributed by atoms with Crippen molar-refractivity contribution in [2.24, 2.45) is 0 Å². The van der Waals surface area contributed by atoms with Crippen molar-refractivity contribution in [1.29, 1.82) is 0 Å². The fourth-order valence-corrected chi connectivity index (χ4v) is 2.88. The maximum atomic E-state index is 12.3. The van der Waals surface area contributed by atoms with E-state index in [0.29, 0.717) is 22.2 Å². The highest BCUT2D eigenvalue weighted by molar-refractivity contribution is 6.32. The number of nitrogens with zero attached hydrogens (tertiary/aromatic N) is 2. The molecule has 3 rings (SSSR count). The van der Waals surface area contributed by atoms with Gasteiger partial charge in [0.15, 0.2) is 0 Å². The van der Waals surface area contributed by atoms with Gasteiger partial charge in [0.25, 0.3) is 5.91 Å². The van der Waals surface area contributed by atoms with Crippen LogP contribution in [0.3, 0.4) is 0 Å². The molecule has 0 atom stereocenters. The Hall–Kier alpha value is -2.27. The van der Waals surface area contributed by atoms with E-state index in [4.69, 9.17) is 16.3 Å². The summed E-state index contributed by atoms with van der Waals surface area (Å²) in [7, 11) is 1.55. The number of benzene rings is 1. The molecule has 23 heavy (non-hydrogen) atoms. The number of anilines is 2. The molecule has 1 aromatic heterocycles. The summed E-state index contributed by atoms with van der Waals surface area (Å²) in [6, 6.07) is 8.78. The second kappa shape index (κ2) is 6.87. The molecule has 1 N–H and O–H groups in total. The number of hydrogen-bond acceptors (Lipinski definition) is 4. The lowest BCUT2D eigenvalue weighted by molar-refractivity contribution is 0.102. The molecule has 120 valence electrons. The summed E-state index contributed by atoms with van der Waals surface area (Å²) in [6.07, 6.45) is 4.17. The monoisotopic (exact) mass is 331 g/mol. The number of amides is 1. The van der Waals surface area contributed by atoms with Crippen molar-refractivity contribution in [2.75, 3.05) is 30.4 Å². The van der Waals surface area contributed by atoms with Gasteiger partial charge >= 0.3 is 0 Å². The second-order valence-corrected chi connectivity index (χ2v) is 5.81. The Morgan fingerprint density at radius 2 is 2.04 bits per heavy atom. The number of carbonyl (C=O) groups excluding carboxylic acids is 1. The highest BCUT2D eigenvalue weighted by Gasteiger charge is 2.14. The third kappa shape index (κ3) is 3.56.